The van der Waals surface area contributed by atoms with Gasteiger partial charge in [-0.3, -0.25) is 0 Å². The fourth-order valence-corrected chi connectivity index (χ4v) is 2.73. The van der Waals surface area contributed by atoms with E-state index in [2.05, 4.69) is 59.7 Å². The Balaban J connectivity index is 2.21. The molecule has 0 N–H and O–H groups in total. The van der Waals surface area contributed by atoms with Gasteiger partial charge in [-0.05, 0) is 36.0 Å². The number of hydrogen-bond donors (Lipinski definition) is 0. The van der Waals surface area contributed by atoms with Crippen LogP contribution in [0.5, 0.6) is 0 Å². The molecule has 2 nitrogen and oxygen atoms in total. The van der Waals surface area contributed by atoms with Crippen molar-refractivity contribution in [2.45, 2.75) is 71.1 Å². The third kappa shape index (κ3) is 2.81. The van der Waals surface area contributed by atoms with Crippen molar-refractivity contribution in [2.24, 2.45) is 0 Å². The highest BCUT2D eigenvalue weighted by atomic mass is 14.9. The predicted molar refractivity (Wildman–Crippen MR) is 88.9 cm³/mol. The van der Waals surface area contributed by atoms with Gasteiger partial charge in [0.1, 0.15) is 0 Å². The molecular formula is C19H26N2. The predicted octanol–water partition coefficient (Wildman–Crippen LogP) is 5.10. The van der Waals surface area contributed by atoms with Crippen molar-refractivity contribution in [3.63, 3.8) is 0 Å². The SMILES string of the molecule is CC(C)(C)c1ccc2nc(C(C)(C)C)c(C3CC3)nc2c1. The molecule has 1 aromatic carbocycles. The van der Waals surface area contributed by atoms with Crippen LogP contribution in [-0.2, 0) is 10.8 Å². The normalized spacial score (nSPS) is 16.5. The van der Waals surface area contributed by atoms with Crippen molar-refractivity contribution >= 4 is 11.0 Å². The lowest BCUT2D eigenvalue weighted by Gasteiger charge is -2.23. The second kappa shape index (κ2) is 4.53. The van der Waals surface area contributed by atoms with Gasteiger partial charge < -0.3 is 0 Å². The molecule has 1 heterocycles. The van der Waals surface area contributed by atoms with Crippen LogP contribution in [0.25, 0.3) is 11.0 Å². The largest absolute Gasteiger partial charge is 0.249 e. The number of nitrogens with zero attached hydrogens (tertiary/aromatic N) is 2. The van der Waals surface area contributed by atoms with Crippen molar-refractivity contribution in [3.8, 4) is 0 Å². The summed E-state index contributed by atoms with van der Waals surface area (Å²) in [5, 5.41) is 0. The zero-order valence-electron chi connectivity index (χ0n) is 14.1. The Bertz CT molecular complexity index is 683. The van der Waals surface area contributed by atoms with Gasteiger partial charge in [0, 0.05) is 11.3 Å². The van der Waals surface area contributed by atoms with Crippen LogP contribution in [0.2, 0.25) is 0 Å². The average molecular weight is 282 g/mol. The van der Waals surface area contributed by atoms with Crippen LogP contribution >= 0.6 is 0 Å². The summed E-state index contributed by atoms with van der Waals surface area (Å²) in [6, 6.07) is 6.55. The smallest absolute Gasteiger partial charge is 0.0893 e. The molecule has 3 rings (SSSR count). The Morgan fingerprint density at radius 3 is 2.05 bits per heavy atom. The van der Waals surface area contributed by atoms with Gasteiger partial charge in [-0.2, -0.15) is 0 Å². The summed E-state index contributed by atoms with van der Waals surface area (Å²) in [6.07, 6.45) is 2.53. The van der Waals surface area contributed by atoms with Gasteiger partial charge in [0.15, 0.2) is 0 Å². The molecule has 21 heavy (non-hydrogen) atoms. The molecule has 1 aliphatic carbocycles. The van der Waals surface area contributed by atoms with Gasteiger partial charge in [0.05, 0.1) is 22.4 Å². The first-order valence-electron chi connectivity index (χ1n) is 7.99. The van der Waals surface area contributed by atoms with Crippen molar-refractivity contribution < 1.29 is 0 Å². The molecule has 0 atom stereocenters. The highest BCUT2D eigenvalue weighted by Crippen LogP contribution is 2.43. The third-order valence-corrected chi connectivity index (χ3v) is 4.23. The first-order valence-corrected chi connectivity index (χ1v) is 7.99. The van der Waals surface area contributed by atoms with Gasteiger partial charge in [0.25, 0.3) is 0 Å². The Morgan fingerprint density at radius 1 is 0.857 bits per heavy atom. The molecule has 0 saturated heterocycles. The number of hydrogen-bond acceptors (Lipinski definition) is 2. The summed E-state index contributed by atoms with van der Waals surface area (Å²) in [6.45, 7) is 13.4. The summed E-state index contributed by atoms with van der Waals surface area (Å²) >= 11 is 0. The Kier molecular flexibility index (Phi) is 3.12. The van der Waals surface area contributed by atoms with Crippen molar-refractivity contribution in [1.29, 1.82) is 0 Å². The lowest BCUT2D eigenvalue weighted by Crippen LogP contribution is -2.18. The molecular weight excluding hydrogens is 256 g/mol. The highest BCUT2D eigenvalue weighted by Gasteiger charge is 2.33. The minimum Gasteiger partial charge on any atom is -0.249 e. The van der Waals surface area contributed by atoms with E-state index in [4.69, 9.17) is 9.97 Å². The van der Waals surface area contributed by atoms with E-state index in [0.717, 1.165) is 11.0 Å². The summed E-state index contributed by atoms with van der Waals surface area (Å²) in [5.41, 5.74) is 6.03. The standard InChI is InChI=1S/C19H26N2/c1-18(2,3)13-9-10-14-15(11-13)20-16(12-7-8-12)17(21-14)19(4,5)6/h9-12H,7-8H2,1-6H3. The van der Waals surface area contributed by atoms with Crippen LogP contribution in [0.3, 0.4) is 0 Å². The average Bonchev–Trinajstić information content (AvgIpc) is 3.18. The van der Waals surface area contributed by atoms with E-state index in [1.807, 2.05) is 0 Å². The molecule has 112 valence electrons. The molecule has 2 heteroatoms. The van der Waals surface area contributed by atoms with Crippen molar-refractivity contribution in [2.75, 3.05) is 0 Å². The summed E-state index contributed by atoms with van der Waals surface area (Å²) in [7, 11) is 0. The quantitative estimate of drug-likeness (QED) is 0.727. The van der Waals surface area contributed by atoms with Crippen LogP contribution < -0.4 is 0 Å². The number of benzene rings is 1. The molecule has 0 spiro atoms. The maximum absolute atomic E-state index is 5.02. The van der Waals surface area contributed by atoms with Crippen LogP contribution in [0.15, 0.2) is 18.2 Å². The van der Waals surface area contributed by atoms with E-state index in [1.165, 1.54) is 29.8 Å². The monoisotopic (exact) mass is 282 g/mol. The van der Waals surface area contributed by atoms with E-state index in [-0.39, 0.29) is 10.8 Å². The van der Waals surface area contributed by atoms with Crippen LogP contribution in [0, 0.1) is 0 Å². The summed E-state index contributed by atoms with van der Waals surface area (Å²) < 4.78 is 0. The fraction of sp³-hybridized carbons (Fsp3) is 0.579. The summed E-state index contributed by atoms with van der Waals surface area (Å²) in [5.74, 6) is 0.634. The second-order valence-electron chi connectivity index (χ2n) is 8.44. The molecule has 1 aromatic heterocycles. The lowest BCUT2D eigenvalue weighted by molar-refractivity contribution is 0.558. The van der Waals surface area contributed by atoms with E-state index >= 15 is 0 Å². The molecule has 2 aromatic rings. The maximum Gasteiger partial charge on any atom is 0.0893 e. The van der Waals surface area contributed by atoms with Gasteiger partial charge in [-0.15, -0.1) is 0 Å². The molecule has 1 saturated carbocycles. The van der Waals surface area contributed by atoms with Gasteiger partial charge >= 0.3 is 0 Å². The zero-order chi connectivity index (χ0) is 15.4. The molecule has 0 unspecified atom stereocenters. The number of rotatable bonds is 1. The molecule has 1 fully saturated rings. The number of aromatic nitrogens is 2. The topological polar surface area (TPSA) is 25.8 Å². The molecule has 0 aliphatic heterocycles. The Labute approximate surface area is 128 Å². The van der Waals surface area contributed by atoms with Gasteiger partial charge in [-0.1, -0.05) is 47.6 Å². The third-order valence-electron chi connectivity index (χ3n) is 4.23. The minimum absolute atomic E-state index is 0.0574. The minimum atomic E-state index is 0.0574. The van der Waals surface area contributed by atoms with Crippen molar-refractivity contribution in [1.82, 2.24) is 9.97 Å². The fourth-order valence-electron chi connectivity index (χ4n) is 2.73. The lowest BCUT2D eigenvalue weighted by atomic mass is 9.86. The van der Waals surface area contributed by atoms with Crippen molar-refractivity contribution in [3.05, 3.63) is 35.2 Å². The highest BCUT2D eigenvalue weighted by molar-refractivity contribution is 5.76. The molecule has 0 amide bonds. The molecule has 0 bridgehead atoms. The van der Waals surface area contributed by atoms with Gasteiger partial charge in [0.2, 0.25) is 0 Å². The van der Waals surface area contributed by atoms with E-state index in [9.17, 15) is 0 Å². The van der Waals surface area contributed by atoms with E-state index in [1.54, 1.807) is 0 Å². The second-order valence-corrected chi connectivity index (χ2v) is 8.44. The summed E-state index contributed by atoms with van der Waals surface area (Å²) in [4.78, 5) is 9.98. The first-order chi connectivity index (χ1) is 9.66. The van der Waals surface area contributed by atoms with Crippen LogP contribution in [-0.4, -0.2) is 9.97 Å². The number of fused-ring (bicyclic) bond motifs is 1. The van der Waals surface area contributed by atoms with Crippen LogP contribution in [0.1, 0.15) is 77.3 Å². The Morgan fingerprint density at radius 2 is 1.52 bits per heavy atom. The zero-order valence-corrected chi connectivity index (χ0v) is 14.1. The van der Waals surface area contributed by atoms with E-state index < -0.39 is 0 Å². The van der Waals surface area contributed by atoms with E-state index in [0.29, 0.717) is 5.92 Å². The molecule has 0 radical (unpaired) electrons. The maximum atomic E-state index is 5.02. The molecule has 1 aliphatic rings. The Hall–Kier alpha value is -1.44. The van der Waals surface area contributed by atoms with Crippen LogP contribution in [0.4, 0.5) is 0 Å². The first kappa shape index (κ1) is 14.5. The van der Waals surface area contributed by atoms with Gasteiger partial charge in [-0.25, -0.2) is 9.97 Å².